The Morgan fingerprint density at radius 1 is 1.50 bits per heavy atom. The number of H-pyrrole nitrogens is 1. The largest absolute Gasteiger partial charge is 0.369 e. The average Bonchev–Trinajstić information content (AvgIpc) is 1.85. The zero-order valence-electron chi connectivity index (χ0n) is 3.78. The summed E-state index contributed by atoms with van der Waals surface area (Å²) in [5, 5.41) is 0.494. The standard InChI is InChI=1S/C3H3Cl2N3/c4-1-2(5)8-3(6)7-1/h(H3,6,7,8). The summed E-state index contributed by atoms with van der Waals surface area (Å²) in [6.07, 6.45) is 0. The van der Waals surface area contributed by atoms with Gasteiger partial charge in [0, 0.05) is 0 Å². The molecule has 8 heavy (non-hydrogen) atoms. The second-order valence-corrected chi connectivity index (χ2v) is 1.96. The number of anilines is 1. The first-order chi connectivity index (χ1) is 3.70. The Morgan fingerprint density at radius 2 is 2.12 bits per heavy atom. The molecule has 0 atom stereocenters. The zero-order valence-corrected chi connectivity index (χ0v) is 5.29. The fourth-order valence-corrected chi connectivity index (χ4v) is 0.624. The van der Waals surface area contributed by atoms with Gasteiger partial charge in [0.2, 0.25) is 0 Å². The SMILES string of the molecule is Nc1nc(Cl)c(Cl)[nH]1. The van der Waals surface area contributed by atoms with E-state index in [1.165, 1.54) is 0 Å². The van der Waals surface area contributed by atoms with Crippen LogP contribution in [0.5, 0.6) is 0 Å². The molecule has 0 aromatic carbocycles. The van der Waals surface area contributed by atoms with Crippen LogP contribution in [0.2, 0.25) is 10.3 Å². The molecular weight excluding hydrogens is 149 g/mol. The molecule has 0 spiro atoms. The van der Waals surface area contributed by atoms with Gasteiger partial charge in [0.15, 0.2) is 11.1 Å². The van der Waals surface area contributed by atoms with E-state index in [0.29, 0.717) is 0 Å². The predicted octanol–water partition coefficient (Wildman–Crippen LogP) is 1.30. The second-order valence-electron chi connectivity index (χ2n) is 1.23. The van der Waals surface area contributed by atoms with E-state index in [4.69, 9.17) is 28.9 Å². The zero-order chi connectivity index (χ0) is 6.15. The third kappa shape index (κ3) is 0.877. The van der Waals surface area contributed by atoms with Crippen molar-refractivity contribution in [3.63, 3.8) is 0 Å². The number of hydrogen-bond donors (Lipinski definition) is 2. The van der Waals surface area contributed by atoms with E-state index < -0.39 is 0 Å². The number of hydrogen-bond acceptors (Lipinski definition) is 2. The molecule has 0 fully saturated rings. The molecule has 0 amide bonds. The van der Waals surface area contributed by atoms with Gasteiger partial charge in [0.05, 0.1) is 0 Å². The van der Waals surface area contributed by atoms with Crippen LogP contribution in [0.15, 0.2) is 0 Å². The van der Waals surface area contributed by atoms with E-state index in [9.17, 15) is 0 Å². The Labute approximate surface area is 55.8 Å². The van der Waals surface area contributed by atoms with Crippen molar-refractivity contribution in [1.29, 1.82) is 0 Å². The third-order valence-corrected chi connectivity index (χ3v) is 1.28. The number of imidazole rings is 1. The molecule has 1 heterocycles. The maximum absolute atomic E-state index is 5.40. The molecule has 1 aromatic rings. The number of aromatic nitrogens is 2. The summed E-state index contributed by atoms with van der Waals surface area (Å²) in [5.41, 5.74) is 5.14. The Hall–Kier alpha value is -0.410. The van der Waals surface area contributed by atoms with Gasteiger partial charge in [-0.05, 0) is 0 Å². The highest BCUT2D eigenvalue weighted by Crippen LogP contribution is 2.17. The summed E-state index contributed by atoms with van der Waals surface area (Å²) >= 11 is 10.8. The number of halogens is 2. The van der Waals surface area contributed by atoms with Crippen molar-refractivity contribution in [2.75, 3.05) is 5.73 Å². The Balaban J connectivity index is 3.14. The summed E-state index contributed by atoms with van der Waals surface area (Å²) < 4.78 is 0. The quantitative estimate of drug-likeness (QED) is 0.588. The maximum atomic E-state index is 5.40. The van der Waals surface area contributed by atoms with Crippen molar-refractivity contribution >= 4 is 29.2 Å². The number of nitrogens with two attached hydrogens (primary N) is 1. The van der Waals surface area contributed by atoms with Crippen LogP contribution in [-0.2, 0) is 0 Å². The van der Waals surface area contributed by atoms with E-state index in [1.54, 1.807) is 0 Å². The molecule has 0 bridgehead atoms. The molecule has 0 aliphatic rings. The molecule has 0 saturated carbocycles. The van der Waals surface area contributed by atoms with Crippen molar-refractivity contribution in [2.24, 2.45) is 0 Å². The van der Waals surface area contributed by atoms with Gasteiger partial charge in [-0.2, -0.15) is 4.98 Å². The van der Waals surface area contributed by atoms with Crippen LogP contribution in [0.1, 0.15) is 0 Å². The first-order valence-electron chi connectivity index (χ1n) is 1.86. The van der Waals surface area contributed by atoms with Gasteiger partial charge in [-0.15, -0.1) is 0 Å². The van der Waals surface area contributed by atoms with Crippen molar-refractivity contribution in [3.05, 3.63) is 10.3 Å². The highest BCUT2D eigenvalue weighted by Gasteiger charge is 1.99. The number of nitrogens with zero attached hydrogens (tertiary/aromatic N) is 1. The first-order valence-corrected chi connectivity index (χ1v) is 2.62. The van der Waals surface area contributed by atoms with E-state index in [1.807, 2.05) is 0 Å². The van der Waals surface area contributed by atoms with Crippen LogP contribution >= 0.6 is 23.2 Å². The molecule has 1 rings (SSSR count). The van der Waals surface area contributed by atoms with Crippen molar-refractivity contribution in [1.82, 2.24) is 9.97 Å². The molecule has 0 radical (unpaired) electrons. The number of rotatable bonds is 0. The van der Waals surface area contributed by atoms with Gasteiger partial charge in [-0.25, -0.2) is 0 Å². The molecule has 0 saturated heterocycles. The molecule has 0 aliphatic carbocycles. The van der Waals surface area contributed by atoms with Gasteiger partial charge in [-0.1, -0.05) is 23.2 Å². The van der Waals surface area contributed by atoms with Crippen LogP contribution in [0.25, 0.3) is 0 Å². The van der Waals surface area contributed by atoms with Gasteiger partial charge < -0.3 is 10.7 Å². The van der Waals surface area contributed by atoms with Crippen LogP contribution in [0, 0.1) is 0 Å². The smallest absolute Gasteiger partial charge is 0.200 e. The van der Waals surface area contributed by atoms with Gasteiger partial charge in [0.25, 0.3) is 0 Å². The summed E-state index contributed by atoms with van der Waals surface area (Å²) in [5.74, 6) is 0.236. The second kappa shape index (κ2) is 1.84. The van der Waals surface area contributed by atoms with E-state index >= 15 is 0 Å². The summed E-state index contributed by atoms with van der Waals surface area (Å²) in [4.78, 5) is 6.07. The van der Waals surface area contributed by atoms with Gasteiger partial charge in [-0.3, -0.25) is 0 Å². The minimum absolute atomic E-state index is 0.212. The normalized spacial score (nSPS) is 9.75. The molecule has 1 aromatic heterocycles. The molecule has 5 heteroatoms. The lowest BCUT2D eigenvalue weighted by Gasteiger charge is -1.73. The molecule has 3 nitrogen and oxygen atoms in total. The lowest BCUT2D eigenvalue weighted by molar-refractivity contribution is 1.33. The van der Waals surface area contributed by atoms with Gasteiger partial charge >= 0.3 is 0 Å². The Morgan fingerprint density at radius 3 is 2.25 bits per heavy atom. The first kappa shape index (κ1) is 5.72. The predicted molar refractivity (Wildman–Crippen MR) is 33.0 cm³/mol. The lowest BCUT2D eigenvalue weighted by Crippen LogP contribution is -1.84. The van der Waals surface area contributed by atoms with Gasteiger partial charge in [0.1, 0.15) is 5.15 Å². The van der Waals surface area contributed by atoms with Crippen molar-refractivity contribution in [2.45, 2.75) is 0 Å². The summed E-state index contributed by atoms with van der Waals surface area (Å²) in [6.45, 7) is 0. The molecule has 3 N–H and O–H groups in total. The third-order valence-electron chi connectivity index (χ3n) is 0.638. The summed E-state index contributed by atoms with van der Waals surface area (Å²) in [7, 11) is 0. The fourth-order valence-electron chi connectivity index (χ4n) is 0.347. The number of aromatic amines is 1. The fraction of sp³-hybridized carbons (Fsp3) is 0. The van der Waals surface area contributed by atoms with Crippen LogP contribution in [0.4, 0.5) is 5.95 Å². The Bertz CT molecular complexity index is 175. The minimum Gasteiger partial charge on any atom is -0.369 e. The highest BCUT2D eigenvalue weighted by atomic mass is 35.5. The van der Waals surface area contributed by atoms with E-state index in [-0.39, 0.29) is 16.3 Å². The number of nitrogen functional groups attached to an aromatic ring is 1. The monoisotopic (exact) mass is 151 g/mol. The minimum atomic E-state index is 0.212. The average molecular weight is 152 g/mol. The van der Waals surface area contributed by atoms with Crippen LogP contribution in [0.3, 0.4) is 0 Å². The van der Waals surface area contributed by atoms with Crippen LogP contribution in [-0.4, -0.2) is 9.97 Å². The molecule has 0 unspecified atom stereocenters. The summed E-state index contributed by atoms with van der Waals surface area (Å²) in [6, 6.07) is 0. The van der Waals surface area contributed by atoms with Crippen molar-refractivity contribution < 1.29 is 0 Å². The highest BCUT2D eigenvalue weighted by molar-refractivity contribution is 6.40. The van der Waals surface area contributed by atoms with Crippen molar-refractivity contribution in [3.8, 4) is 0 Å². The lowest BCUT2D eigenvalue weighted by atomic mass is 10.9. The molecule has 44 valence electrons. The maximum Gasteiger partial charge on any atom is 0.200 e. The molecule has 0 aliphatic heterocycles. The Kier molecular flexibility index (Phi) is 1.31. The topological polar surface area (TPSA) is 54.7 Å². The van der Waals surface area contributed by atoms with E-state index in [0.717, 1.165) is 0 Å². The van der Waals surface area contributed by atoms with E-state index in [2.05, 4.69) is 9.97 Å². The molecular formula is C3H3Cl2N3. The number of nitrogens with one attached hydrogen (secondary N) is 1. The van der Waals surface area contributed by atoms with Crippen LogP contribution < -0.4 is 5.73 Å².